The lowest BCUT2D eigenvalue weighted by Gasteiger charge is -2.38. The molecule has 3 amide bonds. The molecule has 0 spiro atoms. The maximum absolute atomic E-state index is 15.1. The smallest absolute Gasteiger partial charge is 0.251 e. The lowest BCUT2D eigenvalue weighted by atomic mass is 9.89. The second kappa shape index (κ2) is 17.2. The Hall–Kier alpha value is -5.83. The summed E-state index contributed by atoms with van der Waals surface area (Å²) in [4.78, 5) is 58.6. The second-order valence-corrected chi connectivity index (χ2v) is 16.4. The molecular weight excluding hydrogens is 755 g/mol. The summed E-state index contributed by atoms with van der Waals surface area (Å²) >= 11 is 0. The van der Waals surface area contributed by atoms with E-state index in [-0.39, 0.29) is 41.4 Å². The zero-order valence-corrected chi connectivity index (χ0v) is 33.7. The van der Waals surface area contributed by atoms with Crippen molar-refractivity contribution in [1.29, 1.82) is 0 Å². The molecule has 15 heteroatoms. The van der Waals surface area contributed by atoms with Crippen LogP contribution in [0.2, 0.25) is 0 Å². The monoisotopic (exact) mass is 804 g/mol. The van der Waals surface area contributed by atoms with Gasteiger partial charge in [-0.2, -0.15) is 0 Å². The molecule has 1 unspecified atom stereocenters. The molecule has 308 valence electrons. The van der Waals surface area contributed by atoms with Crippen molar-refractivity contribution in [2.45, 2.75) is 77.8 Å². The minimum atomic E-state index is -0.693. The third-order valence-electron chi connectivity index (χ3n) is 11.9. The van der Waals surface area contributed by atoms with E-state index in [2.05, 4.69) is 51.8 Å². The summed E-state index contributed by atoms with van der Waals surface area (Å²) in [5.41, 5.74) is 3.87. The number of carbonyl (C=O) groups is 3. The lowest BCUT2D eigenvalue weighted by Crippen LogP contribution is -2.52. The van der Waals surface area contributed by atoms with E-state index in [1.807, 2.05) is 49.7 Å². The molecule has 3 fully saturated rings. The number of imidazole rings is 1. The lowest BCUT2D eigenvalue weighted by molar-refractivity contribution is -0.134. The molecule has 0 aliphatic carbocycles. The van der Waals surface area contributed by atoms with E-state index in [0.29, 0.717) is 46.5 Å². The van der Waals surface area contributed by atoms with Gasteiger partial charge in [-0.15, -0.1) is 0 Å². The van der Waals surface area contributed by atoms with Gasteiger partial charge in [-0.25, -0.2) is 28.7 Å². The number of anilines is 3. The predicted octanol–water partition coefficient (Wildman–Crippen LogP) is 6.51. The summed E-state index contributed by atoms with van der Waals surface area (Å²) in [6.07, 6.45) is 8.95. The van der Waals surface area contributed by atoms with Crippen molar-refractivity contribution < 1.29 is 23.2 Å². The molecule has 5 aromatic rings. The Labute approximate surface area is 342 Å². The number of piperidine rings is 3. The zero-order chi connectivity index (χ0) is 41.2. The van der Waals surface area contributed by atoms with Crippen molar-refractivity contribution >= 4 is 46.2 Å². The highest BCUT2D eigenvalue weighted by Gasteiger charge is 2.29. The molecule has 1 atom stereocenters. The number of imide groups is 1. The average molecular weight is 805 g/mol. The first-order valence-corrected chi connectivity index (χ1v) is 20.6. The van der Waals surface area contributed by atoms with Crippen LogP contribution in [0.4, 0.5) is 26.2 Å². The minimum absolute atomic E-state index is 0.00708. The van der Waals surface area contributed by atoms with E-state index in [1.54, 1.807) is 18.2 Å². The van der Waals surface area contributed by atoms with Gasteiger partial charge in [0.05, 0.1) is 11.7 Å². The van der Waals surface area contributed by atoms with Crippen LogP contribution in [-0.4, -0.2) is 85.9 Å². The molecular formula is C44H50F2N10O3. The van der Waals surface area contributed by atoms with Gasteiger partial charge in [0.15, 0.2) is 11.6 Å². The number of carbonyl (C=O) groups excluding carboxylic acids is 3. The summed E-state index contributed by atoms with van der Waals surface area (Å²) < 4.78 is 32.1. The Balaban J connectivity index is 0.780. The number of hydrogen-bond donors (Lipinski definition) is 3. The summed E-state index contributed by atoms with van der Waals surface area (Å²) in [5.74, 6) is 0.350. The third kappa shape index (κ3) is 9.09. The highest BCUT2D eigenvalue weighted by atomic mass is 19.1. The van der Waals surface area contributed by atoms with Crippen molar-refractivity contribution in [3.8, 4) is 11.3 Å². The van der Waals surface area contributed by atoms with Gasteiger partial charge in [0, 0.05) is 55.1 Å². The minimum Gasteiger partial charge on any atom is -0.372 e. The first-order valence-electron chi connectivity index (χ1n) is 20.6. The Bertz CT molecular complexity index is 2330. The average Bonchev–Trinajstić information content (AvgIpc) is 3.58. The van der Waals surface area contributed by atoms with Crippen molar-refractivity contribution in [1.82, 2.24) is 40.0 Å². The van der Waals surface area contributed by atoms with Crippen molar-refractivity contribution in [3.63, 3.8) is 0 Å². The summed E-state index contributed by atoms with van der Waals surface area (Å²) in [6, 6.07) is 13.8. The molecule has 8 rings (SSSR count). The van der Waals surface area contributed by atoms with Crippen molar-refractivity contribution in [2.24, 2.45) is 11.8 Å². The number of aryl methyl sites for hydroxylation is 1. The maximum atomic E-state index is 15.1. The Morgan fingerprint density at radius 2 is 1.63 bits per heavy atom. The summed E-state index contributed by atoms with van der Waals surface area (Å²) in [5, 5.41) is 8.09. The number of likely N-dealkylation sites (tertiary alicyclic amines) is 1. The topological polar surface area (TPSA) is 150 Å². The van der Waals surface area contributed by atoms with Gasteiger partial charge in [-0.05, 0) is 132 Å². The van der Waals surface area contributed by atoms with Crippen LogP contribution in [-0.2, 0) is 16.0 Å². The number of pyridine rings is 1. The van der Waals surface area contributed by atoms with E-state index in [4.69, 9.17) is 0 Å². The summed E-state index contributed by atoms with van der Waals surface area (Å²) in [6.45, 7) is 11.0. The summed E-state index contributed by atoms with van der Waals surface area (Å²) in [7, 11) is 0. The van der Waals surface area contributed by atoms with Crippen LogP contribution in [0.1, 0.15) is 80.2 Å². The van der Waals surface area contributed by atoms with E-state index in [1.165, 1.54) is 6.07 Å². The van der Waals surface area contributed by atoms with Gasteiger partial charge in [-0.3, -0.25) is 19.7 Å². The number of nitrogens with zero attached hydrogens (tertiary/aromatic N) is 7. The fourth-order valence-corrected chi connectivity index (χ4v) is 8.76. The molecule has 3 saturated heterocycles. The van der Waals surface area contributed by atoms with Gasteiger partial charge in [0.2, 0.25) is 17.8 Å². The number of aromatic nitrogens is 5. The van der Waals surface area contributed by atoms with Gasteiger partial charge in [-0.1, -0.05) is 6.07 Å². The van der Waals surface area contributed by atoms with E-state index < -0.39 is 23.6 Å². The molecule has 13 nitrogen and oxygen atoms in total. The third-order valence-corrected chi connectivity index (χ3v) is 11.9. The van der Waals surface area contributed by atoms with Crippen molar-refractivity contribution in [2.75, 3.05) is 42.9 Å². The van der Waals surface area contributed by atoms with Crippen molar-refractivity contribution in [3.05, 3.63) is 89.5 Å². The van der Waals surface area contributed by atoms with Crippen LogP contribution >= 0.6 is 0 Å². The molecule has 59 heavy (non-hydrogen) atoms. The van der Waals surface area contributed by atoms with Gasteiger partial charge >= 0.3 is 0 Å². The van der Waals surface area contributed by atoms with E-state index >= 15 is 8.78 Å². The molecule has 0 bridgehead atoms. The highest BCUT2D eigenvalue weighted by Crippen LogP contribution is 2.31. The van der Waals surface area contributed by atoms with Crippen LogP contribution in [0.15, 0.2) is 60.9 Å². The van der Waals surface area contributed by atoms with Crippen LogP contribution in [0.5, 0.6) is 0 Å². The van der Waals surface area contributed by atoms with E-state index in [9.17, 15) is 14.4 Å². The van der Waals surface area contributed by atoms with Crippen LogP contribution in [0, 0.1) is 30.4 Å². The number of halogens is 2. The molecule has 3 N–H and O–H groups in total. The molecule has 3 aliphatic rings. The second-order valence-electron chi connectivity index (χ2n) is 16.4. The fourth-order valence-electron chi connectivity index (χ4n) is 8.76. The standard InChI is InChI=1S/C44H50F2N10O3/c1-26(2)56-27(3)49-41-34(45)21-32(22-37(41)56)40-35(46)24-48-44(53-40)51-38-10-4-30(23-47-38)20-28-12-16-54(17-13-28)25-29-14-18-55(19-15-29)33-7-5-31(6-8-33)42(58)50-36-9-11-39(57)52-43(36)59/h4-8,10,21-24,26,28-29,36H,9,11-20,25H2,1-3H3,(H,50,58)(H,52,57,59)(H,47,48,51,53). The molecule has 0 saturated carbocycles. The largest absolute Gasteiger partial charge is 0.372 e. The van der Waals surface area contributed by atoms with Crippen LogP contribution in [0.3, 0.4) is 0 Å². The predicted molar refractivity (Wildman–Crippen MR) is 221 cm³/mol. The van der Waals surface area contributed by atoms with Gasteiger partial charge in [0.1, 0.15) is 28.9 Å². The molecule has 3 aliphatic heterocycles. The van der Waals surface area contributed by atoms with Crippen LogP contribution < -0.4 is 20.9 Å². The molecule has 6 heterocycles. The number of nitrogens with one attached hydrogen (secondary N) is 3. The fraction of sp³-hybridized carbons (Fsp3) is 0.432. The van der Waals surface area contributed by atoms with Gasteiger partial charge < -0.3 is 25.0 Å². The highest BCUT2D eigenvalue weighted by molar-refractivity contribution is 6.03. The first-order chi connectivity index (χ1) is 28.5. The number of benzene rings is 2. The first kappa shape index (κ1) is 40.0. The normalized spacial score (nSPS) is 18.4. The number of fused-ring (bicyclic) bond motifs is 1. The number of rotatable bonds is 11. The Morgan fingerprint density at radius 1 is 0.881 bits per heavy atom. The Kier molecular flexibility index (Phi) is 11.6. The quantitative estimate of drug-likeness (QED) is 0.126. The number of amides is 3. The van der Waals surface area contributed by atoms with E-state index in [0.717, 1.165) is 82.3 Å². The molecule has 3 aromatic heterocycles. The molecule has 0 radical (unpaired) electrons. The Morgan fingerprint density at radius 3 is 2.32 bits per heavy atom. The zero-order valence-electron chi connectivity index (χ0n) is 33.7. The molecule has 2 aromatic carbocycles. The van der Waals surface area contributed by atoms with Crippen LogP contribution in [0.25, 0.3) is 22.3 Å². The SMILES string of the molecule is Cc1nc2c(F)cc(-c3nc(Nc4ccc(CC5CCN(CC6CCN(c7ccc(C(=O)NC8CCC(=O)NC8=O)cc7)CC6)CC5)cn4)ncc3F)cc2n1C(C)C. The number of hydrogen-bond acceptors (Lipinski definition) is 10. The van der Waals surface area contributed by atoms with Gasteiger partial charge in [0.25, 0.3) is 5.91 Å². The maximum Gasteiger partial charge on any atom is 0.251 e.